The molecule has 1 unspecified atom stereocenters. The zero-order valence-electron chi connectivity index (χ0n) is 8.24. The van der Waals surface area contributed by atoms with Gasteiger partial charge in [-0.25, -0.2) is 0 Å². The van der Waals surface area contributed by atoms with E-state index in [1.54, 1.807) is 18.2 Å². The van der Waals surface area contributed by atoms with Crippen molar-refractivity contribution in [3.63, 3.8) is 0 Å². The molecule has 1 rings (SSSR count). The Bertz CT molecular complexity index is 435. The molecule has 0 radical (unpaired) electrons. The Kier molecular flexibility index (Phi) is 3.83. The summed E-state index contributed by atoms with van der Waals surface area (Å²) in [5, 5.41) is 0. The summed E-state index contributed by atoms with van der Waals surface area (Å²) in [6.45, 7) is -0.457. The molecule has 0 spiro atoms. The third-order valence-electron chi connectivity index (χ3n) is 1.56. The number of nitrogens with two attached hydrogens (primary N) is 2. The van der Waals surface area contributed by atoms with E-state index in [1.165, 1.54) is 12.1 Å². The van der Waals surface area contributed by atoms with Crippen LogP contribution < -0.4 is 16.2 Å². The lowest BCUT2D eigenvalue weighted by molar-refractivity contribution is -0.101. The van der Waals surface area contributed by atoms with Gasteiger partial charge in [-0.05, 0) is 12.1 Å². The predicted octanol–water partition coefficient (Wildman–Crippen LogP) is -0.544. The molecule has 0 bridgehead atoms. The molecule has 1 aromatic carbocycles. The molecule has 0 saturated carbocycles. The molecule has 0 heterocycles. The third kappa shape index (κ3) is 4.13. The zero-order valence-corrected chi connectivity index (χ0v) is 9.05. The molecule has 0 aromatic heterocycles. The van der Waals surface area contributed by atoms with Crippen LogP contribution in [0.4, 0.5) is 0 Å². The number of benzene rings is 1. The summed E-state index contributed by atoms with van der Waals surface area (Å²) in [6.07, 6.45) is 0. The lowest BCUT2D eigenvalue weighted by Gasteiger charge is -2.26. The molecule has 0 aliphatic rings. The minimum absolute atomic E-state index is 0.263. The van der Waals surface area contributed by atoms with Crippen molar-refractivity contribution >= 4 is 10.4 Å². The SMILES string of the molecule is NCC(N)(Oc1ccccc1)OS(=O)(=O)O. The fourth-order valence-corrected chi connectivity index (χ4v) is 1.42. The molecule has 7 nitrogen and oxygen atoms in total. The van der Waals surface area contributed by atoms with Crippen molar-refractivity contribution in [2.24, 2.45) is 11.5 Å². The normalized spacial score (nSPS) is 15.4. The Balaban J connectivity index is 2.82. The highest BCUT2D eigenvalue weighted by Crippen LogP contribution is 2.16. The summed E-state index contributed by atoms with van der Waals surface area (Å²) >= 11 is 0. The van der Waals surface area contributed by atoms with Crippen molar-refractivity contribution in [2.45, 2.75) is 5.91 Å². The van der Waals surface area contributed by atoms with E-state index in [9.17, 15) is 8.42 Å². The maximum atomic E-state index is 10.5. The predicted molar refractivity (Wildman–Crippen MR) is 55.7 cm³/mol. The van der Waals surface area contributed by atoms with E-state index in [1.807, 2.05) is 0 Å². The fourth-order valence-electron chi connectivity index (χ4n) is 0.959. The molecular weight excluding hydrogens is 236 g/mol. The van der Waals surface area contributed by atoms with Gasteiger partial charge in [-0.1, -0.05) is 18.2 Å². The molecule has 0 aliphatic carbocycles. The van der Waals surface area contributed by atoms with Crippen molar-refractivity contribution in [1.82, 2.24) is 0 Å². The Labute approximate surface area is 92.9 Å². The molecule has 5 N–H and O–H groups in total. The van der Waals surface area contributed by atoms with Gasteiger partial charge >= 0.3 is 10.4 Å². The molecule has 90 valence electrons. The van der Waals surface area contributed by atoms with Crippen LogP contribution in [0.15, 0.2) is 30.3 Å². The van der Waals surface area contributed by atoms with Gasteiger partial charge in [-0.15, -0.1) is 0 Å². The van der Waals surface area contributed by atoms with Crippen LogP contribution in [0.5, 0.6) is 5.75 Å². The van der Waals surface area contributed by atoms with Crippen LogP contribution in [0.2, 0.25) is 0 Å². The quantitative estimate of drug-likeness (QED) is 0.471. The molecule has 0 aliphatic heterocycles. The highest BCUT2D eigenvalue weighted by atomic mass is 32.3. The number of rotatable bonds is 5. The monoisotopic (exact) mass is 248 g/mol. The van der Waals surface area contributed by atoms with Crippen LogP contribution in [0.1, 0.15) is 0 Å². The van der Waals surface area contributed by atoms with E-state index in [4.69, 9.17) is 20.8 Å². The van der Waals surface area contributed by atoms with Crippen molar-refractivity contribution in [3.05, 3.63) is 30.3 Å². The van der Waals surface area contributed by atoms with Gasteiger partial charge < -0.3 is 10.5 Å². The molecule has 1 atom stereocenters. The van der Waals surface area contributed by atoms with Crippen LogP contribution in [0.25, 0.3) is 0 Å². The summed E-state index contributed by atoms with van der Waals surface area (Å²) < 4.78 is 38.7. The number of hydrogen-bond acceptors (Lipinski definition) is 6. The fraction of sp³-hybridized carbons (Fsp3) is 0.250. The average Bonchev–Trinajstić information content (AvgIpc) is 2.16. The molecular formula is C8H12N2O5S. The number of para-hydroxylation sites is 1. The van der Waals surface area contributed by atoms with E-state index >= 15 is 0 Å². The summed E-state index contributed by atoms with van der Waals surface area (Å²) in [5.41, 5.74) is 10.6. The first-order valence-corrected chi connectivity index (χ1v) is 5.62. The second kappa shape index (κ2) is 4.76. The molecule has 1 aromatic rings. The second-order valence-electron chi connectivity index (χ2n) is 2.94. The molecule has 0 amide bonds. The number of ether oxygens (including phenoxy) is 1. The van der Waals surface area contributed by atoms with Gasteiger partial charge in [0, 0.05) is 0 Å². The van der Waals surface area contributed by atoms with Gasteiger partial charge in [0.05, 0.1) is 6.54 Å². The van der Waals surface area contributed by atoms with E-state index in [-0.39, 0.29) is 5.75 Å². The molecule has 0 saturated heterocycles. The van der Waals surface area contributed by atoms with Crippen LogP contribution in [0, 0.1) is 0 Å². The topological polar surface area (TPSA) is 125 Å². The van der Waals surface area contributed by atoms with E-state index < -0.39 is 22.9 Å². The first-order valence-electron chi connectivity index (χ1n) is 4.26. The van der Waals surface area contributed by atoms with Gasteiger partial charge in [-0.2, -0.15) is 12.6 Å². The van der Waals surface area contributed by atoms with E-state index in [2.05, 4.69) is 4.18 Å². The van der Waals surface area contributed by atoms with Crippen LogP contribution in [0.3, 0.4) is 0 Å². The highest BCUT2D eigenvalue weighted by Gasteiger charge is 2.32. The average molecular weight is 248 g/mol. The summed E-state index contributed by atoms with van der Waals surface area (Å²) in [6, 6.07) is 8.10. The first-order chi connectivity index (χ1) is 7.35. The summed E-state index contributed by atoms with van der Waals surface area (Å²) in [7, 11) is -4.74. The lowest BCUT2D eigenvalue weighted by atomic mass is 10.3. The smallest absolute Gasteiger partial charge is 0.402 e. The van der Waals surface area contributed by atoms with Gasteiger partial charge in [0.2, 0.25) is 0 Å². The van der Waals surface area contributed by atoms with Crippen LogP contribution >= 0.6 is 0 Å². The Morgan fingerprint density at radius 1 is 1.31 bits per heavy atom. The van der Waals surface area contributed by atoms with Crippen LogP contribution in [-0.2, 0) is 14.6 Å². The largest absolute Gasteiger partial charge is 0.447 e. The first kappa shape index (κ1) is 12.9. The van der Waals surface area contributed by atoms with E-state index in [0.29, 0.717) is 0 Å². The standard InChI is InChI=1S/C8H12N2O5S/c9-6-8(10,15-16(11,12)13)14-7-4-2-1-3-5-7/h1-5H,6,9-10H2,(H,11,12,13). The number of hydrogen-bond donors (Lipinski definition) is 3. The maximum absolute atomic E-state index is 10.5. The van der Waals surface area contributed by atoms with Crippen molar-refractivity contribution in [2.75, 3.05) is 6.54 Å². The maximum Gasteiger partial charge on any atom is 0.402 e. The van der Waals surface area contributed by atoms with Crippen molar-refractivity contribution < 1.29 is 21.9 Å². The molecule has 16 heavy (non-hydrogen) atoms. The Morgan fingerprint density at radius 3 is 2.31 bits per heavy atom. The van der Waals surface area contributed by atoms with Gasteiger partial charge in [0.1, 0.15) is 5.75 Å². The summed E-state index contributed by atoms with van der Waals surface area (Å²) in [4.78, 5) is 0. The Morgan fingerprint density at radius 2 is 1.88 bits per heavy atom. The van der Waals surface area contributed by atoms with E-state index in [0.717, 1.165) is 0 Å². The van der Waals surface area contributed by atoms with Crippen molar-refractivity contribution in [1.29, 1.82) is 0 Å². The third-order valence-corrected chi connectivity index (χ3v) is 2.06. The lowest BCUT2D eigenvalue weighted by Crippen LogP contribution is -2.55. The van der Waals surface area contributed by atoms with Gasteiger partial charge in [0.15, 0.2) is 0 Å². The van der Waals surface area contributed by atoms with Gasteiger partial charge in [0.25, 0.3) is 5.91 Å². The second-order valence-corrected chi connectivity index (χ2v) is 3.96. The van der Waals surface area contributed by atoms with Crippen LogP contribution in [-0.4, -0.2) is 25.4 Å². The molecule has 0 fully saturated rings. The summed E-state index contributed by atoms with van der Waals surface area (Å²) in [5.74, 6) is -1.87. The Hall–Kier alpha value is -1.19. The zero-order chi connectivity index (χ0) is 12.2. The minimum atomic E-state index is -4.74. The molecule has 8 heteroatoms. The highest BCUT2D eigenvalue weighted by molar-refractivity contribution is 7.80. The minimum Gasteiger partial charge on any atom is -0.447 e. The van der Waals surface area contributed by atoms with Gasteiger partial charge in [-0.3, -0.25) is 10.3 Å². The van der Waals surface area contributed by atoms with Crippen molar-refractivity contribution in [3.8, 4) is 5.75 Å².